The summed E-state index contributed by atoms with van der Waals surface area (Å²) in [6.07, 6.45) is -1.25. The van der Waals surface area contributed by atoms with E-state index in [1.165, 1.54) is 0 Å². The number of hydrogen-bond acceptors (Lipinski definition) is 6. The van der Waals surface area contributed by atoms with E-state index in [0.717, 1.165) is 29.5 Å². The van der Waals surface area contributed by atoms with Crippen LogP contribution in [0.1, 0.15) is 36.5 Å². The smallest absolute Gasteiger partial charge is 0.186 e. The van der Waals surface area contributed by atoms with Crippen LogP contribution in [0.3, 0.4) is 0 Å². The fourth-order valence-electron chi connectivity index (χ4n) is 4.82. The number of benzene rings is 3. The second-order valence-corrected chi connectivity index (χ2v) is 10.2. The van der Waals surface area contributed by atoms with Crippen LogP contribution in [0, 0.1) is 5.92 Å². The van der Waals surface area contributed by atoms with Crippen molar-refractivity contribution in [3.05, 3.63) is 108 Å². The van der Waals surface area contributed by atoms with Crippen molar-refractivity contribution in [1.82, 2.24) is 0 Å². The largest absolute Gasteiger partial charge is 0.385 e. The molecule has 2 aliphatic rings. The molecule has 1 saturated heterocycles. The Morgan fingerprint density at radius 2 is 1.24 bits per heavy atom. The maximum atomic E-state index is 11.5. The monoisotopic (exact) mass is 518 g/mol. The molecule has 3 aromatic carbocycles. The van der Waals surface area contributed by atoms with Crippen LogP contribution in [0.2, 0.25) is 0 Å². The van der Waals surface area contributed by atoms with Gasteiger partial charge in [-0.2, -0.15) is 0 Å². The Morgan fingerprint density at radius 1 is 0.737 bits per heavy atom. The van der Waals surface area contributed by atoms with Crippen LogP contribution in [0.15, 0.2) is 91.0 Å². The van der Waals surface area contributed by atoms with Crippen LogP contribution < -0.4 is 0 Å². The van der Waals surface area contributed by atoms with Gasteiger partial charge in [0, 0.05) is 0 Å². The van der Waals surface area contributed by atoms with E-state index in [1.807, 2.05) is 97.9 Å². The molecular formula is C32H38O6. The lowest BCUT2D eigenvalue weighted by Crippen LogP contribution is -2.61. The predicted octanol–water partition coefficient (Wildman–Crippen LogP) is 5.27. The number of rotatable bonds is 13. The topological polar surface area (TPSA) is 66.4 Å². The van der Waals surface area contributed by atoms with E-state index in [-0.39, 0.29) is 12.7 Å². The Bertz CT molecular complexity index is 1070. The summed E-state index contributed by atoms with van der Waals surface area (Å²) in [5.74, 6) is 0.509. The third kappa shape index (κ3) is 7.50. The summed E-state index contributed by atoms with van der Waals surface area (Å²) in [6.45, 7) is 3.49. The Hall–Kier alpha value is -2.58. The molecule has 38 heavy (non-hydrogen) atoms. The average Bonchev–Trinajstić information content (AvgIpc) is 3.81. The first-order valence-electron chi connectivity index (χ1n) is 13.6. The maximum absolute atomic E-state index is 11.5. The van der Waals surface area contributed by atoms with Gasteiger partial charge >= 0.3 is 0 Å². The van der Waals surface area contributed by atoms with Gasteiger partial charge in [-0.15, -0.1) is 0 Å². The average molecular weight is 519 g/mol. The Kier molecular flexibility index (Phi) is 9.57. The van der Waals surface area contributed by atoms with Crippen molar-refractivity contribution < 1.29 is 28.8 Å². The second-order valence-electron chi connectivity index (χ2n) is 10.2. The number of hydrogen-bond donors (Lipinski definition) is 1. The zero-order valence-corrected chi connectivity index (χ0v) is 21.9. The molecule has 6 nitrogen and oxygen atoms in total. The lowest BCUT2D eigenvalue weighted by atomic mass is 9.98. The highest BCUT2D eigenvalue weighted by Gasteiger charge is 2.48. The summed E-state index contributed by atoms with van der Waals surface area (Å²) in [6, 6.07) is 30.0. The molecule has 6 atom stereocenters. The van der Waals surface area contributed by atoms with Gasteiger partial charge in [0.25, 0.3) is 0 Å². The Balaban J connectivity index is 1.34. The van der Waals surface area contributed by atoms with Crippen molar-refractivity contribution >= 4 is 0 Å². The highest BCUT2D eigenvalue weighted by Crippen LogP contribution is 2.37. The molecule has 0 amide bonds. The summed E-state index contributed by atoms with van der Waals surface area (Å²) in [7, 11) is 0. The van der Waals surface area contributed by atoms with Gasteiger partial charge in [-0.1, -0.05) is 91.0 Å². The lowest BCUT2D eigenvalue weighted by Gasteiger charge is -2.44. The first-order chi connectivity index (χ1) is 18.7. The van der Waals surface area contributed by atoms with E-state index in [0.29, 0.717) is 25.7 Å². The summed E-state index contributed by atoms with van der Waals surface area (Å²) >= 11 is 0. The highest BCUT2D eigenvalue weighted by atomic mass is 16.7. The standard InChI is InChI=1S/C32H38O6/c1-23(27-17-18-27)37-32-29(33)31(36-21-26-15-9-4-10-16-26)30(35-20-25-13-7-3-8-14-25)28(38-32)22-34-19-24-11-5-2-6-12-24/h2-16,23,27-33H,17-22H2,1H3/t23-,28+,29-,30+,31+,32+/m0/s1. The molecule has 1 aliphatic heterocycles. The van der Waals surface area contributed by atoms with Crippen molar-refractivity contribution in [2.24, 2.45) is 5.92 Å². The quantitative estimate of drug-likeness (QED) is 0.332. The minimum atomic E-state index is -1.01. The summed E-state index contributed by atoms with van der Waals surface area (Å²) < 4.78 is 31.5. The van der Waals surface area contributed by atoms with Gasteiger partial charge < -0.3 is 28.8 Å². The zero-order valence-electron chi connectivity index (χ0n) is 21.9. The molecule has 1 aliphatic carbocycles. The third-order valence-electron chi connectivity index (χ3n) is 7.21. The molecule has 1 N–H and O–H groups in total. The van der Waals surface area contributed by atoms with Crippen LogP contribution in [0.5, 0.6) is 0 Å². The van der Waals surface area contributed by atoms with Crippen molar-refractivity contribution in [2.75, 3.05) is 6.61 Å². The predicted molar refractivity (Wildman–Crippen MR) is 144 cm³/mol. The molecule has 5 rings (SSSR count). The maximum Gasteiger partial charge on any atom is 0.186 e. The normalized spacial score (nSPS) is 26.2. The second kappa shape index (κ2) is 13.5. The van der Waals surface area contributed by atoms with Gasteiger partial charge in [-0.3, -0.25) is 0 Å². The lowest BCUT2D eigenvalue weighted by molar-refractivity contribution is -0.327. The molecule has 6 heteroatoms. The van der Waals surface area contributed by atoms with Crippen molar-refractivity contribution in [3.63, 3.8) is 0 Å². The minimum Gasteiger partial charge on any atom is -0.385 e. The van der Waals surface area contributed by atoms with E-state index in [9.17, 15) is 5.11 Å². The van der Waals surface area contributed by atoms with Gasteiger partial charge in [0.05, 0.1) is 32.5 Å². The van der Waals surface area contributed by atoms with Crippen LogP contribution >= 0.6 is 0 Å². The van der Waals surface area contributed by atoms with Gasteiger partial charge in [-0.25, -0.2) is 0 Å². The third-order valence-corrected chi connectivity index (χ3v) is 7.21. The van der Waals surface area contributed by atoms with E-state index >= 15 is 0 Å². The van der Waals surface area contributed by atoms with Gasteiger partial charge in [0.1, 0.15) is 24.4 Å². The van der Waals surface area contributed by atoms with Crippen LogP contribution in [-0.2, 0) is 43.5 Å². The fraction of sp³-hybridized carbons (Fsp3) is 0.438. The molecule has 3 aromatic rings. The van der Waals surface area contributed by atoms with E-state index in [4.69, 9.17) is 23.7 Å². The SMILES string of the molecule is C[C@H](O[C@@H]1O[C@H](COCc2ccccc2)[C@@H](OCc2ccccc2)[C@H](OCc2ccccc2)[C@@H]1O)C1CC1. The molecule has 0 unspecified atom stereocenters. The molecule has 1 heterocycles. The summed E-state index contributed by atoms with van der Waals surface area (Å²) in [5.41, 5.74) is 3.14. The molecule has 0 bridgehead atoms. The molecule has 2 fully saturated rings. The zero-order chi connectivity index (χ0) is 26.2. The summed E-state index contributed by atoms with van der Waals surface area (Å²) in [5, 5.41) is 11.5. The molecule has 1 saturated carbocycles. The van der Waals surface area contributed by atoms with E-state index in [1.54, 1.807) is 0 Å². The van der Waals surface area contributed by atoms with Crippen molar-refractivity contribution in [2.45, 2.75) is 76.4 Å². The fourth-order valence-corrected chi connectivity index (χ4v) is 4.82. The van der Waals surface area contributed by atoms with E-state index in [2.05, 4.69) is 0 Å². The first-order valence-corrected chi connectivity index (χ1v) is 13.6. The Labute approximate surface area is 225 Å². The molecule has 0 aromatic heterocycles. The molecule has 0 spiro atoms. The van der Waals surface area contributed by atoms with Crippen molar-refractivity contribution in [1.29, 1.82) is 0 Å². The number of ether oxygens (including phenoxy) is 5. The summed E-state index contributed by atoms with van der Waals surface area (Å²) in [4.78, 5) is 0. The van der Waals surface area contributed by atoms with Crippen molar-refractivity contribution in [3.8, 4) is 0 Å². The minimum absolute atomic E-state index is 0.00269. The molecular weight excluding hydrogens is 480 g/mol. The Morgan fingerprint density at radius 3 is 1.76 bits per heavy atom. The van der Waals surface area contributed by atoms with Crippen LogP contribution in [-0.4, -0.2) is 48.5 Å². The molecule has 0 radical (unpaired) electrons. The van der Waals surface area contributed by atoms with Gasteiger partial charge in [-0.05, 0) is 42.4 Å². The first kappa shape index (κ1) is 27.0. The van der Waals surface area contributed by atoms with Gasteiger partial charge in [0.15, 0.2) is 6.29 Å². The van der Waals surface area contributed by atoms with E-state index < -0.39 is 30.7 Å². The molecule has 202 valence electrons. The van der Waals surface area contributed by atoms with Gasteiger partial charge in [0.2, 0.25) is 0 Å². The highest BCUT2D eigenvalue weighted by molar-refractivity contribution is 5.15. The van der Waals surface area contributed by atoms with Crippen LogP contribution in [0.4, 0.5) is 0 Å². The number of aliphatic hydroxyl groups is 1. The van der Waals surface area contributed by atoms with Crippen LogP contribution in [0.25, 0.3) is 0 Å². The number of aliphatic hydroxyl groups excluding tert-OH is 1.